The number of hydrogen-bond donors (Lipinski definition) is 1. The van der Waals surface area contributed by atoms with E-state index in [2.05, 4.69) is 27.9 Å². The monoisotopic (exact) mass is 398 g/mol. The fraction of sp³-hybridized carbons (Fsp3) is 0.400. The van der Waals surface area contributed by atoms with Crippen LogP contribution in [0.1, 0.15) is 32.1 Å². The molecule has 0 aromatic heterocycles. The van der Waals surface area contributed by atoms with Crippen molar-refractivity contribution in [2.75, 3.05) is 4.90 Å². The van der Waals surface area contributed by atoms with E-state index in [-0.39, 0.29) is 5.91 Å². The van der Waals surface area contributed by atoms with Gasteiger partial charge in [0.1, 0.15) is 5.41 Å². The molecule has 21 heavy (non-hydrogen) atoms. The molecule has 0 radical (unpaired) electrons. The summed E-state index contributed by atoms with van der Waals surface area (Å²) in [7, 11) is 0. The fourth-order valence-electron chi connectivity index (χ4n) is 3.12. The molecule has 0 atom stereocenters. The summed E-state index contributed by atoms with van der Waals surface area (Å²) in [5, 5.41) is 2.36. The molecule has 1 spiro atoms. The molecular formula is C15H15IN2O3. The minimum absolute atomic E-state index is 0.377. The number of imide groups is 2. The zero-order valence-corrected chi connectivity index (χ0v) is 13.6. The predicted octanol–water partition coefficient (Wildman–Crippen LogP) is 2.82. The molecule has 3 rings (SSSR count). The molecule has 1 aliphatic heterocycles. The second-order valence-electron chi connectivity index (χ2n) is 5.52. The summed E-state index contributed by atoms with van der Waals surface area (Å²) < 4.78 is 0.931. The molecule has 110 valence electrons. The summed E-state index contributed by atoms with van der Waals surface area (Å²) in [6.45, 7) is 0. The number of nitrogens with zero attached hydrogens (tertiary/aromatic N) is 1. The Labute approximate surface area is 136 Å². The molecule has 6 heteroatoms. The number of carbonyl (C=O) groups is 3. The predicted molar refractivity (Wildman–Crippen MR) is 85.7 cm³/mol. The molecule has 0 unspecified atom stereocenters. The first-order valence-electron chi connectivity index (χ1n) is 7.00. The van der Waals surface area contributed by atoms with E-state index in [9.17, 15) is 14.4 Å². The van der Waals surface area contributed by atoms with Crippen molar-refractivity contribution in [1.29, 1.82) is 0 Å². The van der Waals surface area contributed by atoms with Gasteiger partial charge in [0, 0.05) is 3.57 Å². The number of nitrogens with one attached hydrogen (secondary N) is 1. The third-order valence-electron chi connectivity index (χ3n) is 4.24. The van der Waals surface area contributed by atoms with Gasteiger partial charge in [-0.25, -0.2) is 9.69 Å². The van der Waals surface area contributed by atoms with Crippen LogP contribution in [-0.4, -0.2) is 17.8 Å². The van der Waals surface area contributed by atoms with Crippen molar-refractivity contribution in [1.82, 2.24) is 5.32 Å². The highest BCUT2D eigenvalue weighted by Crippen LogP contribution is 2.41. The Balaban J connectivity index is 2.02. The summed E-state index contributed by atoms with van der Waals surface area (Å²) >= 11 is 2.13. The number of amides is 4. The Hall–Kier alpha value is -1.44. The van der Waals surface area contributed by atoms with E-state index >= 15 is 0 Å². The summed E-state index contributed by atoms with van der Waals surface area (Å²) in [5.41, 5.74) is -0.546. The lowest BCUT2D eigenvalue weighted by Crippen LogP contribution is -2.64. The van der Waals surface area contributed by atoms with Crippen LogP contribution in [0.25, 0.3) is 0 Å². The first kappa shape index (κ1) is 14.5. The molecule has 5 nitrogen and oxygen atoms in total. The summed E-state index contributed by atoms with van der Waals surface area (Å²) in [6, 6.07) is 6.51. The highest BCUT2D eigenvalue weighted by molar-refractivity contribution is 14.1. The largest absolute Gasteiger partial charge is 0.335 e. The molecule has 1 heterocycles. The number of rotatable bonds is 1. The molecular weight excluding hydrogens is 383 g/mol. The number of carbonyl (C=O) groups excluding carboxylic acids is 3. The van der Waals surface area contributed by atoms with Crippen LogP contribution in [0.5, 0.6) is 0 Å². The van der Waals surface area contributed by atoms with Gasteiger partial charge in [0.05, 0.1) is 5.69 Å². The Morgan fingerprint density at radius 2 is 1.81 bits per heavy atom. The minimum Gasteiger partial charge on any atom is -0.276 e. The third kappa shape index (κ3) is 2.35. The SMILES string of the molecule is O=C1NC(=O)C2(CCCCC2)C(=O)N1c1cccc(I)c1. The van der Waals surface area contributed by atoms with Crippen molar-refractivity contribution in [2.24, 2.45) is 5.41 Å². The first-order chi connectivity index (χ1) is 10.0. The van der Waals surface area contributed by atoms with Crippen LogP contribution < -0.4 is 10.2 Å². The van der Waals surface area contributed by atoms with Crippen molar-refractivity contribution in [2.45, 2.75) is 32.1 Å². The van der Waals surface area contributed by atoms with Crippen LogP contribution in [0.4, 0.5) is 10.5 Å². The van der Waals surface area contributed by atoms with Gasteiger partial charge in [-0.1, -0.05) is 25.3 Å². The van der Waals surface area contributed by atoms with Crippen molar-refractivity contribution in [3.63, 3.8) is 0 Å². The van der Waals surface area contributed by atoms with Gasteiger partial charge in [0.2, 0.25) is 5.91 Å². The normalized spacial score (nSPS) is 21.6. The van der Waals surface area contributed by atoms with Crippen LogP contribution in [0.3, 0.4) is 0 Å². The second-order valence-corrected chi connectivity index (χ2v) is 6.77. The lowest BCUT2D eigenvalue weighted by molar-refractivity contribution is -0.144. The zero-order valence-electron chi connectivity index (χ0n) is 11.4. The highest BCUT2D eigenvalue weighted by Gasteiger charge is 2.54. The summed E-state index contributed by atoms with van der Waals surface area (Å²) in [6.07, 6.45) is 3.75. The van der Waals surface area contributed by atoms with E-state index in [0.717, 1.165) is 27.7 Å². The summed E-state index contributed by atoms with van der Waals surface area (Å²) in [5.74, 6) is -0.808. The number of anilines is 1. The molecule has 1 saturated heterocycles. The average molecular weight is 398 g/mol. The zero-order chi connectivity index (χ0) is 15.0. The lowest BCUT2D eigenvalue weighted by Gasteiger charge is -2.41. The molecule has 1 aromatic carbocycles. The fourth-order valence-corrected chi connectivity index (χ4v) is 3.65. The average Bonchev–Trinajstić information content (AvgIpc) is 2.47. The number of benzene rings is 1. The first-order valence-corrected chi connectivity index (χ1v) is 8.08. The molecule has 4 amide bonds. The van der Waals surface area contributed by atoms with E-state index in [0.29, 0.717) is 18.5 Å². The molecule has 1 N–H and O–H groups in total. The van der Waals surface area contributed by atoms with Crippen LogP contribution in [0.15, 0.2) is 24.3 Å². The van der Waals surface area contributed by atoms with E-state index in [1.54, 1.807) is 18.2 Å². The molecule has 1 aromatic rings. The molecule has 0 bridgehead atoms. The standard InChI is InChI=1S/C15H15IN2O3/c16-10-5-4-6-11(9-10)18-13(20)15(7-2-1-3-8-15)12(19)17-14(18)21/h4-6,9H,1-3,7-8H2,(H,17,19,21). The van der Waals surface area contributed by atoms with Crippen molar-refractivity contribution >= 4 is 46.1 Å². The number of hydrogen-bond acceptors (Lipinski definition) is 3. The van der Waals surface area contributed by atoms with Gasteiger partial charge in [-0.2, -0.15) is 0 Å². The van der Waals surface area contributed by atoms with Crippen molar-refractivity contribution in [3.05, 3.63) is 27.8 Å². The number of halogens is 1. The van der Waals surface area contributed by atoms with Crippen LogP contribution in [0.2, 0.25) is 0 Å². The highest BCUT2D eigenvalue weighted by atomic mass is 127. The van der Waals surface area contributed by atoms with E-state index in [1.807, 2.05) is 6.07 Å². The maximum absolute atomic E-state index is 12.9. The van der Waals surface area contributed by atoms with E-state index in [4.69, 9.17) is 0 Å². The number of urea groups is 1. The maximum atomic E-state index is 12.9. The van der Waals surface area contributed by atoms with Crippen LogP contribution in [-0.2, 0) is 9.59 Å². The lowest BCUT2D eigenvalue weighted by atomic mass is 9.71. The van der Waals surface area contributed by atoms with Crippen molar-refractivity contribution in [3.8, 4) is 0 Å². The molecule has 2 aliphatic rings. The van der Waals surface area contributed by atoms with Gasteiger partial charge >= 0.3 is 6.03 Å². The Kier molecular flexibility index (Phi) is 3.73. The van der Waals surface area contributed by atoms with E-state index < -0.39 is 17.4 Å². The van der Waals surface area contributed by atoms with Gasteiger partial charge in [-0.05, 0) is 53.6 Å². The van der Waals surface area contributed by atoms with Gasteiger partial charge in [-0.15, -0.1) is 0 Å². The third-order valence-corrected chi connectivity index (χ3v) is 4.92. The Morgan fingerprint density at radius 3 is 2.48 bits per heavy atom. The second kappa shape index (κ2) is 5.40. The maximum Gasteiger partial charge on any atom is 0.335 e. The van der Waals surface area contributed by atoms with Gasteiger partial charge in [0.25, 0.3) is 5.91 Å². The van der Waals surface area contributed by atoms with E-state index in [1.165, 1.54) is 0 Å². The summed E-state index contributed by atoms with van der Waals surface area (Å²) in [4.78, 5) is 38.4. The number of barbiturate groups is 1. The van der Waals surface area contributed by atoms with Gasteiger partial charge in [0.15, 0.2) is 0 Å². The Bertz CT molecular complexity index is 623. The minimum atomic E-state index is -1.06. The molecule has 1 aliphatic carbocycles. The Morgan fingerprint density at radius 1 is 1.10 bits per heavy atom. The molecule has 2 fully saturated rings. The van der Waals surface area contributed by atoms with Gasteiger partial charge in [-0.3, -0.25) is 14.9 Å². The van der Waals surface area contributed by atoms with Crippen LogP contribution in [0, 0.1) is 8.99 Å². The quantitative estimate of drug-likeness (QED) is 0.585. The van der Waals surface area contributed by atoms with Crippen LogP contribution >= 0.6 is 22.6 Å². The smallest absolute Gasteiger partial charge is 0.276 e. The topological polar surface area (TPSA) is 66.5 Å². The van der Waals surface area contributed by atoms with Gasteiger partial charge < -0.3 is 0 Å². The molecule has 1 saturated carbocycles. The van der Waals surface area contributed by atoms with Crippen molar-refractivity contribution < 1.29 is 14.4 Å².